The second kappa shape index (κ2) is 8.66. The van der Waals surface area contributed by atoms with Gasteiger partial charge in [0.2, 0.25) is 6.29 Å². The lowest BCUT2D eigenvalue weighted by molar-refractivity contribution is -0.174. The van der Waals surface area contributed by atoms with Gasteiger partial charge in [-0.2, -0.15) is 0 Å². The van der Waals surface area contributed by atoms with Crippen LogP contribution in [0.25, 0.3) is 0 Å². The number of aliphatic hydroxyl groups is 1. The van der Waals surface area contributed by atoms with Crippen LogP contribution in [0.4, 0.5) is 0 Å². The summed E-state index contributed by atoms with van der Waals surface area (Å²) in [5.74, 6) is 0.750. The van der Waals surface area contributed by atoms with Gasteiger partial charge in [0.05, 0.1) is 0 Å². The number of nitrogens with zero attached hydrogens (tertiary/aromatic N) is 2. The van der Waals surface area contributed by atoms with E-state index < -0.39 is 6.29 Å². The predicted molar refractivity (Wildman–Crippen MR) is 87.6 cm³/mol. The largest absolute Gasteiger partial charge is 0.459 e. The van der Waals surface area contributed by atoms with Gasteiger partial charge in [-0.05, 0) is 38.8 Å². The number of aliphatic hydroxyl groups excluding tert-OH is 1. The van der Waals surface area contributed by atoms with Crippen molar-refractivity contribution in [3.8, 4) is 0 Å². The smallest absolute Gasteiger partial charge is 0.288 e. The van der Waals surface area contributed by atoms with E-state index in [1.165, 1.54) is 0 Å². The van der Waals surface area contributed by atoms with Crippen LogP contribution < -0.4 is 0 Å². The van der Waals surface area contributed by atoms with Crippen LogP contribution in [0.1, 0.15) is 26.7 Å². The van der Waals surface area contributed by atoms with Crippen LogP contribution >= 0.6 is 0 Å². The molecule has 0 aromatic rings. The zero-order valence-electron chi connectivity index (χ0n) is 14.5. The van der Waals surface area contributed by atoms with Crippen molar-refractivity contribution in [3.05, 3.63) is 11.8 Å². The lowest BCUT2D eigenvalue weighted by atomic mass is 9.86. The molecular formula is C17H30N2O4. The maximum Gasteiger partial charge on any atom is 0.288 e. The molecule has 1 saturated heterocycles. The molecule has 6 nitrogen and oxygen atoms in total. The molecule has 1 N–H and O–H groups in total. The first kappa shape index (κ1) is 18.2. The number of piperazine rings is 1. The van der Waals surface area contributed by atoms with Gasteiger partial charge >= 0.3 is 0 Å². The van der Waals surface area contributed by atoms with E-state index in [4.69, 9.17) is 14.6 Å². The summed E-state index contributed by atoms with van der Waals surface area (Å²) in [5, 5.41) is 9.07. The molecule has 2 rings (SSSR count). The third kappa shape index (κ3) is 4.68. The van der Waals surface area contributed by atoms with Gasteiger partial charge < -0.3 is 24.4 Å². The first-order valence-corrected chi connectivity index (χ1v) is 8.65. The van der Waals surface area contributed by atoms with Gasteiger partial charge in [0.1, 0.15) is 0 Å². The van der Waals surface area contributed by atoms with Gasteiger partial charge in [0.15, 0.2) is 5.76 Å². The van der Waals surface area contributed by atoms with Crippen LogP contribution in [0.5, 0.6) is 0 Å². The second-order valence-electron chi connectivity index (χ2n) is 6.46. The molecule has 0 spiro atoms. The van der Waals surface area contributed by atoms with E-state index >= 15 is 0 Å². The van der Waals surface area contributed by atoms with Crippen molar-refractivity contribution in [2.24, 2.45) is 11.8 Å². The van der Waals surface area contributed by atoms with Gasteiger partial charge in [0, 0.05) is 45.3 Å². The minimum Gasteiger partial charge on any atom is -0.459 e. The lowest BCUT2D eigenvalue weighted by Gasteiger charge is -2.38. The summed E-state index contributed by atoms with van der Waals surface area (Å²) in [5.41, 5.74) is 0. The topological polar surface area (TPSA) is 62.2 Å². The van der Waals surface area contributed by atoms with Gasteiger partial charge in [-0.15, -0.1) is 0 Å². The predicted octanol–water partition coefficient (Wildman–Crippen LogP) is 1.06. The Morgan fingerprint density at radius 3 is 2.70 bits per heavy atom. The Bertz CT molecular complexity index is 419. The van der Waals surface area contributed by atoms with E-state index in [9.17, 15) is 4.79 Å². The zero-order valence-corrected chi connectivity index (χ0v) is 14.5. The Kier molecular flexibility index (Phi) is 6.87. The molecule has 2 aliphatic heterocycles. The van der Waals surface area contributed by atoms with Crippen molar-refractivity contribution < 1.29 is 19.4 Å². The highest BCUT2D eigenvalue weighted by molar-refractivity contribution is 5.91. The van der Waals surface area contributed by atoms with Crippen molar-refractivity contribution in [2.75, 3.05) is 46.4 Å². The Balaban J connectivity index is 2.05. The third-order valence-corrected chi connectivity index (χ3v) is 4.71. The second-order valence-corrected chi connectivity index (χ2v) is 6.46. The molecule has 0 aromatic carbocycles. The maximum atomic E-state index is 12.7. The van der Waals surface area contributed by atoms with E-state index in [2.05, 4.69) is 18.9 Å². The molecule has 2 aliphatic rings. The summed E-state index contributed by atoms with van der Waals surface area (Å²) < 4.78 is 11.6. The van der Waals surface area contributed by atoms with E-state index in [0.29, 0.717) is 12.4 Å². The van der Waals surface area contributed by atoms with E-state index in [1.54, 1.807) is 0 Å². The number of likely N-dealkylation sites (N-methyl/N-ethyl adjacent to an activating group) is 1. The molecule has 2 heterocycles. The van der Waals surface area contributed by atoms with Gasteiger partial charge in [-0.25, -0.2) is 0 Å². The van der Waals surface area contributed by atoms with Crippen LogP contribution in [0, 0.1) is 11.8 Å². The highest BCUT2D eigenvalue weighted by Gasteiger charge is 2.36. The fraction of sp³-hybridized carbons (Fsp3) is 0.824. The van der Waals surface area contributed by atoms with Gasteiger partial charge in [-0.3, -0.25) is 4.79 Å². The van der Waals surface area contributed by atoms with Crippen molar-refractivity contribution in [1.82, 2.24) is 9.80 Å². The van der Waals surface area contributed by atoms with Crippen LogP contribution in [0.3, 0.4) is 0 Å². The average Bonchev–Trinajstić information content (AvgIpc) is 2.54. The molecule has 0 bridgehead atoms. The Morgan fingerprint density at radius 2 is 2.09 bits per heavy atom. The Labute approximate surface area is 139 Å². The molecule has 23 heavy (non-hydrogen) atoms. The summed E-state index contributed by atoms with van der Waals surface area (Å²) in [6.07, 6.45) is 3.07. The highest BCUT2D eigenvalue weighted by Crippen LogP contribution is 2.33. The fourth-order valence-electron chi connectivity index (χ4n) is 3.20. The lowest BCUT2D eigenvalue weighted by Crippen LogP contribution is -2.49. The van der Waals surface area contributed by atoms with Gasteiger partial charge in [0.25, 0.3) is 5.91 Å². The minimum absolute atomic E-state index is 0.0322. The summed E-state index contributed by atoms with van der Waals surface area (Å²) in [4.78, 5) is 16.8. The molecule has 0 aliphatic carbocycles. The number of amides is 1. The third-order valence-electron chi connectivity index (χ3n) is 4.71. The molecular weight excluding hydrogens is 296 g/mol. The van der Waals surface area contributed by atoms with Crippen molar-refractivity contribution >= 4 is 5.91 Å². The molecule has 0 aromatic heterocycles. The molecule has 0 radical (unpaired) electrons. The van der Waals surface area contributed by atoms with Crippen LogP contribution in [-0.2, 0) is 14.3 Å². The molecule has 1 fully saturated rings. The summed E-state index contributed by atoms with van der Waals surface area (Å²) >= 11 is 0. The van der Waals surface area contributed by atoms with Crippen molar-refractivity contribution in [1.29, 1.82) is 0 Å². The average molecular weight is 326 g/mol. The highest BCUT2D eigenvalue weighted by atomic mass is 16.7. The number of hydrogen-bond donors (Lipinski definition) is 1. The Hall–Kier alpha value is -1.11. The number of rotatable bonds is 6. The SMILES string of the molecule is CCO[C@H]1OC(C(=O)N2CCN(C)CC2)=C[C@@H](C)[C@H]1CCCO. The monoisotopic (exact) mass is 326 g/mol. The number of allylic oxidation sites excluding steroid dienone is 1. The molecule has 1 amide bonds. The van der Waals surface area contributed by atoms with Crippen LogP contribution in [0.2, 0.25) is 0 Å². The first-order valence-electron chi connectivity index (χ1n) is 8.65. The summed E-state index contributed by atoms with van der Waals surface area (Å²) in [7, 11) is 2.07. The molecule has 6 heteroatoms. The standard InChI is InChI=1S/C17H30N2O4/c1-4-22-17-14(6-5-11-20)13(2)12-15(23-17)16(21)19-9-7-18(3)8-10-19/h12-14,17,20H,4-11H2,1-3H3/t13-,14-,17+/m1/s1. The fourth-order valence-corrected chi connectivity index (χ4v) is 3.20. The summed E-state index contributed by atoms with van der Waals surface area (Å²) in [6.45, 7) is 7.98. The molecule has 3 atom stereocenters. The van der Waals surface area contributed by atoms with Crippen molar-refractivity contribution in [2.45, 2.75) is 33.0 Å². The van der Waals surface area contributed by atoms with E-state index in [0.717, 1.165) is 39.0 Å². The number of hydrogen-bond acceptors (Lipinski definition) is 5. The quantitative estimate of drug-likeness (QED) is 0.791. The number of carbonyl (C=O) groups is 1. The van der Waals surface area contributed by atoms with E-state index in [-0.39, 0.29) is 24.3 Å². The summed E-state index contributed by atoms with van der Waals surface area (Å²) in [6, 6.07) is 0. The van der Waals surface area contributed by atoms with Crippen LogP contribution in [-0.4, -0.2) is 73.5 Å². The van der Waals surface area contributed by atoms with Crippen molar-refractivity contribution in [3.63, 3.8) is 0 Å². The minimum atomic E-state index is -0.405. The first-order chi connectivity index (χ1) is 11.1. The zero-order chi connectivity index (χ0) is 16.8. The Morgan fingerprint density at radius 1 is 1.39 bits per heavy atom. The number of ether oxygens (including phenoxy) is 2. The van der Waals surface area contributed by atoms with Crippen LogP contribution in [0.15, 0.2) is 11.8 Å². The number of carbonyl (C=O) groups excluding carboxylic acids is 1. The normalized spacial score (nSPS) is 29.1. The molecule has 0 unspecified atom stereocenters. The molecule has 0 saturated carbocycles. The maximum absolute atomic E-state index is 12.7. The van der Waals surface area contributed by atoms with E-state index in [1.807, 2.05) is 17.9 Å². The van der Waals surface area contributed by atoms with Gasteiger partial charge in [-0.1, -0.05) is 6.92 Å². The molecule has 132 valence electrons.